The highest BCUT2D eigenvalue weighted by Gasteiger charge is 2.18. The van der Waals surface area contributed by atoms with Gasteiger partial charge >= 0.3 is 0 Å². The Morgan fingerprint density at radius 2 is 2.41 bits per heavy atom. The summed E-state index contributed by atoms with van der Waals surface area (Å²) in [5.74, 6) is 6.61. The third-order valence-electron chi connectivity index (χ3n) is 2.72. The lowest BCUT2D eigenvalue weighted by Gasteiger charge is -2.12. The number of nitrogens with one attached hydrogen (secondary N) is 2. The fourth-order valence-electron chi connectivity index (χ4n) is 1.87. The molecule has 1 aliphatic rings. The largest absolute Gasteiger partial charge is 0.379 e. The second-order valence-corrected chi connectivity index (χ2v) is 4.78. The van der Waals surface area contributed by atoms with Crippen molar-refractivity contribution in [2.45, 2.75) is 12.5 Å². The molecule has 2 aromatic rings. The van der Waals surface area contributed by atoms with E-state index in [1.54, 1.807) is 11.3 Å². The molecule has 0 aromatic carbocycles. The quantitative estimate of drug-likeness (QED) is 0.561. The fraction of sp³-hybridized carbons (Fsp3) is 0.400. The van der Waals surface area contributed by atoms with Crippen molar-refractivity contribution in [3.63, 3.8) is 0 Å². The Labute approximate surface area is 102 Å². The molecule has 0 saturated carbocycles. The molecule has 2 aromatic heterocycles. The maximum atomic E-state index is 5.36. The first kappa shape index (κ1) is 10.7. The molecule has 0 radical (unpaired) electrons. The normalized spacial score (nSPS) is 19.7. The third kappa shape index (κ3) is 2.04. The molecule has 3 heterocycles. The van der Waals surface area contributed by atoms with Gasteiger partial charge in [0.25, 0.3) is 0 Å². The van der Waals surface area contributed by atoms with Crippen LogP contribution in [0.25, 0.3) is 10.2 Å². The molecule has 17 heavy (non-hydrogen) atoms. The van der Waals surface area contributed by atoms with Gasteiger partial charge in [0, 0.05) is 6.61 Å². The number of fused-ring (bicyclic) bond motifs is 1. The van der Waals surface area contributed by atoms with E-state index < -0.39 is 0 Å². The number of rotatable bonds is 3. The highest BCUT2D eigenvalue weighted by molar-refractivity contribution is 7.16. The van der Waals surface area contributed by atoms with Crippen molar-refractivity contribution >= 4 is 33.3 Å². The molecule has 1 aliphatic heterocycles. The molecule has 3 rings (SSSR count). The number of hydrogen-bond donors (Lipinski definition) is 3. The lowest BCUT2D eigenvalue weighted by Crippen LogP contribution is -2.21. The summed E-state index contributed by atoms with van der Waals surface area (Å²) in [7, 11) is 0. The summed E-state index contributed by atoms with van der Waals surface area (Å²) in [4.78, 5) is 9.56. The average Bonchev–Trinajstić information content (AvgIpc) is 2.98. The molecule has 90 valence electrons. The van der Waals surface area contributed by atoms with E-state index in [4.69, 9.17) is 10.6 Å². The zero-order valence-corrected chi connectivity index (χ0v) is 9.96. The number of ether oxygens (including phenoxy) is 1. The van der Waals surface area contributed by atoms with Gasteiger partial charge in [-0.15, -0.1) is 11.3 Å². The number of nitrogens with two attached hydrogens (primary N) is 1. The lowest BCUT2D eigenvalue weighted by molar-refractivity contribution is 0.195. The van der Waals surface area contributed by atoms with E-state index in [0.29, 0.717) is 12.0 Å². The Balaban J connectivity index is 1.97. The van der Waals surface area contributed by atoms with Gasteiger partial charge in [0.1, 0.15) is 10.6 Å². The summed E-state index contributed by atoms with van der Waals surface area (Å²) in [6.07, 6.45) is 1.00. The van der Waals surface area contributed by atoms with E-state index in [9.17, 15) is 0 Å². The molecule has 1 atom stereocenters. The molecule has 1 fully saturated rings. The van der Waals surface area contributed by atoms with Crippen LogP contribution in [0.3, 0.4) is 0 Å². The van der Waals surface area contributed by atoms with Crippen LogP contribution in [0.4, 0.5) is 11.8 Å². The van der Waals surface area contributed by atoms with Crippen LogP contribution in [-0.2, 0) is 4.74 Å². The molecule has 6 nitrogen and oxygen atoms in total. The van der Waals surface area contributed by atoms with E-state index in [0.717, 1.165) is 35.7 Å². The van der Waals surface area contributed by atoms with Crippen LogP contribution in [0.15, 0.2) is 11.4 Å². The summed E-state index contributed by atoms with van der Waals surface area (Å²) in [5, 5.41) is 6.40. The molecule has 4 N–H and O–H groups in total. The molecule has 1 saturated heterocycles. The second kappa shape index (κ2) is 4.44. The Bertz CT molecular complexity index is 522. The van der Waals surface area contributed by atoms with Crippen molar-refractivity contribution < 1.29 is 4.74 Å². The summed E-state index contributed by atoms with van der Waals surface area (Å²) in [6.45, 7) is 1.53. The van der Waals surface area contributed by atoms with Crippen molar-refractivity contribution in [3.8, 4) is 0 Å². The molecule has 1 unspecified atom stereocenters. The number of aromatic nitrogens is 2. The predicted molar refractivity (Wildman–Crippen MR) is 68.1 cm³/mol. The topological polar surface area (TPSA) is 85.1 Å². The SMILES string of the molecule is NNc1nc(NC2CCOC2)c2ccsc2n1. The summed E-state index contributed by atoms with van der Waals surface area (Å²) in [5.41, 5.74) is 2.49. The van der Waals surface area contributed by atoms with Crippen LogP contribution >= 0.6 is 11.3 Å². The van der Waals surface area contributed by atoms with Crippen molar-refractivity contribution in [3.05, 3.63) is 11.4 Å². The van der Waals surface area contributed by atoms with Gasteiger partial charge in [-0.1, -0.05) is 0 Å². The van der Waals surface area contributed by atoms with E-state index in [1.165, 1.54) is 0 Å². The monoisotopic (exact) mass is 251 g/mol. The van der Waals surface area contributed by atoms with Gasteiger partial charge in [-0.05, 0) is 17.9 Å². The van der Waals surface area contributed by atoms with Crippen molar-refractivity contribution in [1.82, 2.24) is 9.97 Å². The van der Waals surface area contributed by atoms with E-state index >= 15 is 0 Å². The van der Waals surface area contributed by atoms with Gasteiger partial charge in [0.15, 0.2) is 0 Å². The number of hydrazine groups is 1. The van der Waals surface area contributed by atoms with Gasteiger partial charge in [0.05, 0.1) is 18.0 Å². The van der Waals surface area contributed by atoms with Crippen LogP contribution < -0.4 is 16.6 Å². The minimum absolute atomic E-state index is 0.318. The fourth-order valence-corrected chi connectivity index (χ4v) is 2.64. The van der Waals surface area contributed by atoms with Gasteiger partial charge in [0.2, 0.25) is 5.95 Å². The van der Waals surface area contributed by atoms with E-state index in [1.807, 2.05) is 11.4 Å². The Hall–Kier alpha value is -1.44. The Morgan fingerprint density at radius 1 is 1.47 bits per heavy atom. The minimum Gasteiger partial charge on any atom is -0.379 e. The van der Waals surface area contributed by atoms with Crippen molar-refractivity contribution in [2.24, 2.45) is 5.84 Å². The number of thiophene rings is 1. The van der Waals surface area contributed by atoms with Crippen LogP contribution in [0, 0.1) is 0 Å². The van der Waals surface area contributed by atoms with Crippen LogP contribution in [0.1, 0.15) is 6.42 Å². The number of hydrogen-bond acceptors (Lipinski definition) is 7. The summed E-state index contributed by atoms with van der Waals surface area (Å²) in [6, 6.07) is 2.33. The molecule has 0 aliphatic carbocycles. The lowest BCUT2D eigenvalue weighted by atomic mass is 10.2. The Kier molecular flexibility index (Phi) is 2.79. The van der Waals surface area contributed by atoms with Gasteiger partial charge in [-0.25, -0.2) is 10.8 Å². The molecule has 0 amide bonds. The average molecular weight is 251 g/mol. The highest BCUT2D eigenvalue weighted by atomic mass is 32.1. The minimum atomic E-state index is 0.318. The first-order valence-corrected chi connectivity index (χ1v) is 6.31. The molecule has 7 heteroatoms. The van der Waals surface area contributed by atoms with Crippen molar-refractivity contribution in [1.29, 1.82) is 0 Å². The first-order chi connectivity index (χ1) is 8.36. The predicted octanol–water partition coefficient (Wildman–Crippen LogP) is 1.18. The smallest absolute Gasteiger partial charge is 0.240 e. The Morgan fingerprint density at radius 3 is 3.18 bits per heavy atom. The number of anilines is 2. The molecule has 0 bridgehead atoms. The third-order valence-corrected chi connectivity index (χ3v) is 3.53. The van der Waals surface area contributed by atoms with Crippen LogP contribution in [0.2, 0.25) is 0 Å². The standard InChI is InChI=1S/C10H13N5OS/c11-15-10-13-8(12-6-1-3-16-5-6)7-2-4-17-9(7)14-10/h2,4,6H,1,3,5,11H2,(H2,12,13,14,15). The van der Waals surface area contributed by atoms with Gasteiger partial charge in [-0.3, -0.25) is 5.43 Å². The maximum Gasteiger partial charge on any atom is 0.240 e. The number of nitrogen functional groups attached to an aromatic ring is 1. The van der Waals surface area contributed by atoms with Gasteiger partial charge < -0.3 is 10.1 Å². The molecular formula is C10H13N5OS. The van der Waals surface area contributed by atoms with E-state index in [2.05, 4.69) is 20.7 Å². The summed E-state index contributed by atoms with van der Waals surface area (Å²) < 4.78 is 5.34. The second-order valence-electron chi connectivity index (χ2n) is 3.88. The van der Waals surface area contributed by atoms with Crippen molar-refractivity contribution in [2.75, 3.05) is 24.0 Å². The highest BCUT2D eigenvalue weighted by Crippen LogP contribution is 2.27. The van der Waals surface area contributed by atoms with Crippen LogP contribution in [-0.4, -0.2) is 29.2 Å². The zero-order valence-electron chi connectivity index (χ0n) is 9.14. The number of nitrogens with zero attached hydrogens (tertiary/aromatic N) is 2. The van der Waals surface area contributed by atoms with Gasteiger partial charge in [-0.2, -0.15) is 4.98 Å². The van der Waals surface area contributed by atoms with Crippen LogP contribution in [0.5, 0.6) is 0 Å². The van der Waals surface area contributed by atoms with E-state index in [-0.39, 0.29) is 0 Å². The first-order valence-electron chi connectivity index (χ1n) is 5.43. The summed E-state index contributed by atoms with van der Waals surface area (Å²) >= 11 is 1.57. The molecular weight excluding hydrogens is 238 g/mol. The molecule has 0 spiro atoms. The zero-order chi connectivity index (χ0) is 11.7. The maximum absolute atomic E-state index is 5.36.